The van der Waals surface area contributed by atoms with E-state index in [0.717, 1.165) is 14.8 Å². The second-order valence-corrected chi connectivity index (χ2v) is 6.89. The Morgan fingerprint density at radius 3 is 2.71 bits per heavy atom. The van der Waals surface area contributed by atoms with Gasteiger partial charge in [0, 0.05) is 20.4 Å². The van der Waals surface area contributed by atoms with Gasteiger partial charge in [-0.05, 0) is 63.9 Å². The number of anilines is 1. The van der Waals surface area contributed by atoms with Gasteiger partial charge in [-0.2, -0.15) is 0 Å². The zero-order valence-corrected chi connectivity index (χ0v) is 13.5. The summed E-state index contributed by atoms with van der Waals surface area (Å²) in [5.74, 6) is 0.867. The quantitative estimate of drug-likeness (QED) is 0.802. The van der Waals surface area contributed by atoms with Crippen molar-refractivity contribution < 1.29 is 0 Å². The van der Waals surface area contributed by atoms with E-state index in [1.54, 1.807) is 6.20 Å². The molecule has 1 unspecified atom stereocenters. The number of aromatic nitrogens is 1. The third kappa shape index (κ3) is 3.30. The van der Waals surface area contributed by atoms with E-state index in [1.807, 2.05) is 17.4 Å². The normalized spacial score (nSPS) is 12.5. The zero-order chi connectivity index (χ0) is 12.4. The van der Waals surface area contributed by atoms with Crippen LogP contribution in [0.4, 0.5) is 5.82 Å². The van der Waals surface area contributed by atoms with Gasteiger partial charge in [0.25, 0.3) is 0 Å². The number of nitrogens with zero attached hydrogens (tertiary/aromatic N) is 1. The molecule has 0 aromatic carbocycles. The molecule has 2 aromatic heterocycles. The van der Waals surface area contributed by atoms with Crippen LogP contribution in [0.15, 0.2) is 33.3 Å². The summed E-state index contributed by atoms with van der Waals surface area (Å²) in [4.78, 5) is 7.00. The fourth-order valence-electron chi connectivity index (χ4n) is 1.48. The van der Waals surface area contributed by atoms with Crippen molar-refractivity contribution in [1.82, 2.24) is 4.98 Å². The number of thiophene rings is 1. The molecule has 1 N–H and O–H groups in total. The highest BCUT2D eigenvalue weighted by Crippen LogP contribution is 2.29. The Morgan fingerprint density at radius 1 is 1.35 bits per heavy atom. The first-order valence-electron chi connectivity index (χ1n) is 5.20. The van der Waals surface area contributed by atoms with Crippen LogP contribution < -0.4 is 5.32 Å². The molecule has 0 saturated heterocycles. The Balaban J connectivity index is 2.15. The molecule has 0 amide bonds. The average molecular weight is 376 g/mol. The second-order valence-electron chi connectivity index (χ2n) is 3.80. The SMILES string of the molecule is Cc1ccc(C(C)Nc2ncc(Br)cc2Br)s1. The topological polar surface area (TPSA) is 24.9 Å². The highest BCUT2D eigenvalue weighted by molar-refractivity contribution is 9.11. The molecule has 0 aliphatic heterocycles. The van der Waals surface area contributed by atoms with Crippen molar-refractivity contribution in [2.75, 3.05) is 5.32 Å². The van der Waals surface area contributed by atoms with Crippen molar-refractivity contribution in [3.63, 3.8) is 0 Å². The molecule has 0 aliphatic carbocycles. The van der Waals surface area contributed by atoms with Crippen LogP contribution in [-0.4, -0.2) is 4.98 Å². The predicted octanol–water partition coefficient (Wildman–Crippen LogP) is 5.15. The lowest BCUT2D eigenvalue weighted by Gasteiger charge is -2.14. The summed E-state index contributed by atoms with van der Waals surface area (Å²) in [6.45, 7) is 4.26. The summed E-state index contributed by atoms with van der Waals surface area (Å²) >= 11 is 8.70. The summed E-state index contributed by atoms with van der Waals surface area (Å²) in [6.07, 6.45) is 1.79. The monoisotopic (exact) mass is 374 g/mol. The van der Waals surface area contributed by atoms with Crippen LogP contribution in [0, 0.1) is 6.92 Å². The number of aryl methyl sites for hydroxylation is 1. The van der Waals surface area contributed by atoms with E-state index in [1.165, 1.54) is 9.75 Å². The van der Waals surface area contributed by atoms with Crippen molar-refractivity contribution in [2.24, 2.45) is 0 Å². The summed E-state index contributed by atoms with van der Waals surface area (Å²) in [6, 6.07) is 6.55. The van der Waals surface area contributed by atoms with Gasteiger partial charge in [-0.25, -0.2) is 4.98 Å². The van der Waals surface area contributed by atoms with Gasteiger partial charge in [-0.3, -0.25) is 0 Å². The molecule has 90 valence electrons. The smallest absolute Gasteiger partial charge is 0.140 e. The van der Waals surface area contributed by atoms with Crippen LogP contribution in [0.2, 0.25) is 0 Å². The van der Waals surface area contributed by atoms with Gasteiger partial charge < -0.3 is 5.32 Å². The lowest BCUT2D eigenvalue weighted by Crippen LogP contribution is -2.06. The largest absolute Gasteiger partial charge is 0.362 e. The minimum Gasteiger partial charge on any atom is -0.362 e. The first-order chi connectivity index (χ1) is 8.06. The molecule has 0 aliphatic rings. The van der Waals surface area contributed by atoms with Crippen LogP contribution in [0.3, 0.4) is 0 Å². The Bertz CT molecular complexity index is 525. The Kier molecular flexibility index (Phi) is 4.22. The van der Waals surface area contributed by atoms with Crippen LogP contribution in [0.25, 0.3) is 0 Å². The second kappa shape index (κ2) is 5.50. The number of rotatable bonds is 3. The fourth-order valence-corrected chi connectivity index (χ4v) is 3.46. The van der Waals surface area contributed by atoms with Crippen molar-refractivity contribution in [2.45, 2.75) is 19.9 Å². The van der Waals surface area contributed by atoms with Crippen molar-refractivity contribution in [1.29, 1.82) is 0 Å². The number of hydrogen-bond acceptors (Lipinski definition) is 3. The van der Waals surface area contributed by atoms with Crippen LogP contribution in [0.1, 0.15) is 22.7 Å². The molecule has 1 atom stereocenters. The number of nitrogens with one attached hydrogen (secondary N) is 1. The maximum atomic E-state index is 4.35. The van der Waals surface area contributed by atoms with Gasteiger partial charge in [0.05, 0.1) is 10.5 Å². The molecule has 2 heterocycles. The lowest BCUT2D eigenvalue weighted by atomic mass is 10.2. The van der Waals surface area contributed by atoms with Gasteiger partial charge >= 0.3 is 0 Å². The minimum absolute atomic E-state index is 0.263. The molecular formula is C12H12Br2N2S. The van der Waals surface area contributed by atoms with E-state index >= 15 is 0 Å². The summed E-state index contributed by atoms with van der Waals surface area (Å²) in [5.41, 5.74) is 0. The Hall–Kier alpha value is -0.390. The Labute approximate surface area is 122 Å². The predicted molar refractivity (Wildman–Crippen MR) is 80.7 cm³/mol. The lowest BCUT2D eigenvalue weighted by molar-refractivity contribution is 0.894. The first-order valence-corrected chi connectivity index (χ1v) is 7.60. The minimum atomic E-state index is 0.263. The molecule has 5 heteroatoms. The van der Waals surface area contributed by atoms with E-state index in [0.29, 0.717) is 0 Å². The average Bonchev–Trinajstić information content (AvgIpc) is 2.69. The molecule has 0 fully saturated rings. The van der Waals surface area contributed by atoms with Crippen molar-refractivity contribution in [3.8, 4) is 0 Å². The molecule has 0 saturated carbocycles. The summed E-state index contributed by atoms with van der Waals surface area (Å²) in [5, 5.41) is 3.40. The fraction of sp³-hybridized carbons (Fsp3) is 0.250. The van der Waals surface area contributed by atoms with E-state index in [2.05, 4.69) is 68.1 Å². The maximum Gasteiger partial charge on any atom is 0.140 e. The Morgan fingerprint density at radius 2 is 2.12 bits per heavy atom. The van der Waals surface area contributed by atoms with Crippen molar-refractivity contribution >= 4 is 49.0 Å². The molecule has 2 aromatic rings. The first kappa shape index (κ1) is 13.1. The number of halogens is 2. The molecular weight excluding hydrogens is 364 g/mol. The molecule has 0 bridgehead atoms. The molecule has 17 heavy (non-hydrogen) atoms. The standard InChI is InChI=1S/C12H12Br2N2S/c1-7-3-4-11(17-7)8(2)16-12-10(14)5-9(13)6-15-12/h3-6,8H,1-2H3,(H,15,16). The molecule has 2 nitrogen and oxygen atoms in total. The summed E-state index contributed by atoms with van der Waals surface area (Å²) < 4.78 is 1.93. The van der Waals surface area contributed by atoms with Gasteiger partial charge in [0.2, 0.25) is 0 Å². The molecule has 0 spiro atoms. The third-order valence-corrected chi connectivity index (χ3v) is 4.57. The zero-order valence-electron chi connectivity index (χ0n) is 9.50. The van der Waals surface area contributed by atoms with Gasteiger partial charge in [-0.1, -0.05) is 0 Å². The van der Waals surface area contributed by atoms with E-state index < -0.39 is 0 Å². The van der Waals surface area contributed by atoms with Gasteiger partial charge in [0.1, 0.15) is 5.82 Å². The highest BCUT2D eigenvalue weighted by atomic mass is 79.9. The van der Waals surface area contributed by atoms with E-state index in [-0.39, 0.29) is 6.04 Å². The van der Waals surface area contributed by atoms with Crippen LogP contribution in [-0.2, 0) is 0 Å². The maximum absolute atomic E-state index is 4.35. The van der Waals surface area contributed by atoms with Crippen LogP contribution in [0.5, 0.6) is 0 Å². The van der Waals surface area contributed by atoms with E-state index in [4.69, 9.17) is 0 Å². The summed E-state index contributed by atoms with van der Waals surface area (Å²) in [7, 11) is 0. The van der Waals surface area contributed by atoms with Crippen molar-refractivity contribution in [3.05, 3.63) is 43.1 Å². The number of pyridine rings is 1. The van der Waals surface area contributed by atoms with E-state index in [9.17, 15) is 0 Å². The third-order valence-electron chi connectivity index (χ3n) is 2.35. The molecule has 0 radical (unpaired) electrons. The highest BCUT2D eigenvalue weighted by Gasteiger charge is 2.10. The van der Waals surface area contributed by atoms with Gasteiger partial charge in [0.15, 0.2) is 0 Å². The molecule has 2 rings (SSSR count). The van der Waals surface area contributed by atoms with Gasteiger partial charge in [-0.15, -0.1) is 11.3 Å². The number of hydrogen-bond donors (Lipinski definition) is 1. The van der Waals surface area contributed by atoms with Crippen LogP contribution >= 0.6 is 43.2 Å².